The van der Waals surface area contributed by atoms with Crippen molar-refractivity contribution in [1.29, 1.82) is 0 Å². The van der Waals surface area contributed by atoms with Gasteiger partial charge in [-0.05, 0) is 25.7 Å². The molecule has 6 nitrogen and oxygen atoms in total. The van der Waals surface area contributed by atoms with E-state index in [1.165, 1.54) is 19.3 Å². The van der Waals surface area contributed by atoms with Crippen LogP contribution in [0.2, 0.25) is 0 Å². The van der Waals surface area contributed by atoms with E-state index in [0.29, 0.717) is 5.92 Å². The second-order valence-electron chi connectivity index (χ2n) is 5.06. The van der Waals surface area contributed by atoms with Gasteiger partial charge in [0.25, 0.3) is 0 Å². The monoisotopic (exact) mass is 281 g/mol. The van der Waals surface area contributed by atoms with Crippen molar-refractivity contribution >= 4 is 16.3 Å². The van der Waals surface area contributed by atoms with E-state index in [0.717, 1.165) is 35.2 Å². The third kappa shape index (κ3) is 2.50. The minimum atomic E-state index is -0.0314. The zero-order chi connectivity index (χ0) is 13.2. The highest BCUT2D eigenvalue weighted by atomic mass is 32.1. The van der Waals surface area contributed by atoms with Gasteiger partial charge in [-0.3, -0.25) is 0 Å². The topological polar surface area (TPSA) is 78.3 Å². The van der Waals surface area contributed by atoms with E-state index >= 15 is 0 Å². The number of fused-ring (bicyclic) bond motifs is 1. The molecule has 0 aromatic carbocycles. The molecule has 1 atom stereocenters. The van der Waals surface area contributed by atoms with Gasteiger partial charge in [0.15, 0.2) is 5.82 Å². The number of methoxy groups -OCH3 is 1. The van der Waals surface area contributed by atoms with Gasteiger partial charge in [-0.1, -0.05) is 17.8 Å². The van der Waals surface area contributed by atoms with Crippen LogP contribution >= 0.6 is 11.3 Å². The molecule has 0 saturated heterocycles. The fourth-order valence-electron chi connectivity index (χ4n) is 2.29. The number of nitrogens with zero attached hydrogens (tertiary/aromatic N) is 4. The zero-order valence-corrected chi connectivity index (χ0v) is 11.9. The van der Waals surface area contributed by atoms with Crippen LogP contribution in [0.5, 0.6) is 0 Å². The quantitative estimate of drug-likeness (QED) is 0.818. The predicted molar refractivity (Wildman–Crippen MR) is 73.3 cm³/mol. The van der Waals surface area contributed by atoms with Crippen LogP contribution < -0.4 is 5.73 Å². The Kier molecular flexibility index (Phi) is 3.76. The maximum Gasteiger partial charge on any atom is 0.234 e. The van der Waals surface area contributed by atoms with Gasteiger partial charge >= 0.3 is 0 Å². The van der Waals surface area contributed by atoms with E-state index in [2.05, 4.69) is 15.3 Å². The molecule has 2 aromatic heterocycles. The summed E-state index contributed by atoms with van der Waals surface area (Å²) in [6.07, 6.45) is 5.53. The molecule has 2 aromatic rings. The fraction of sp³-hybridized carbons (Fsp3) is 0.750. The maximum atomic E-state index is 6.16. The summed E-state index contributed by atoms with van der Waals surface area (Å²) in [5.74, 6) is 1.54. The van der Waals surface area contributed by atoms with E-state index in [1.807, 2.05) is 4.52 Å². The standard InChI is InChI=1S/C12H19N5OS/c1-18-7-3-6-9(13)11-16-17-10(8-4-2-5-8)14-15-12(17)19-11/h8-9H,2-7,13H2,1H3. The zero-order valence-electron chi connectivity index (χ0n) is 11.1. The number of ether oxygens (including phenoxy) is 1. The van der Waals surface area contributed by atoms with Gasteiger partial charge in [-0.2, -0.15) is 9.61 Å². The van der Waals surface area contributed by atoms with Gasteiger partial charge in [-0.15, -0.1) is 10.2 Å². The molecule has 1 fully saturated rings. The summed E-state index contributed by atoms with van der Waals surface area (Å²) in [6.45, 7) is 0.741. The van der Waals surface area contributed by atoms with E-state index in [9.17, 15) is 0 Å². The van der Waals surface area contributed by atoms with Gasteiger partial charge in [0, 0.05) is 19.6 Å². The van der Waals surface area contributed by atoms with Crippen LogP contribution in [0.1, 0.15) is 54.9 Å². The van der Waals surface area contributed by atoms with Crippen LogP contribution in [0.25, 0.3) is 4.96 Å². The van der Waals surface area contributed by atoms with Crippen LogP contribution in [0.4, 0.5) is 0 Å². The highest BCUT2D eigenvalue weighted by Crippen LogP contribution is 2.36. The van der Waals surface area contributed by atoms with Crippen molar-refractivity contribution in [2.75, 3.05) is 13.7 Å². The third-order valence-corrected chi connectivity index (χ3v) is 4.71. The second kappa shape index (κ2) is 5.52. The largest absolute Gasteiger partial charge is 0.385 e. The molecule has 0 radical (unpaired) electrons. The lowest BCUT2D eigenvalue weighted by molar-refractivity contribution is 0.190. The van der Waals surface area contributed by atoms with E-state index in [1.54, 1.807) is 18.4 Å². The minimum absolute atomic E-state index is 0.0314. The average Bonchev–Trinajstić information content (AvgIpc) is 2.89. The van der Waals surface area contributed by atoms with Gasteiger partial charge in [0.1, 0.15) is 5.01 Å². The molecular weight excluding hydrogens is 262 g/mol. The van der Waals surface area contributed by atoms with E-state index in [-0.39, 0.29) is 6.04 Å². The lowest BCUT2D eigenvalue weighted by Crippen LogP contribution is -2.14. The number of hydrogen-bond donors (Lipinski definition) is 1. The molecule has 1 saturated carbocycles. The SMILES string of the molecule is COCCCC(N)c1nn2c(C3CCC3)nnc2s1. The van der Waals surface area contributed by atoms with Crippen molar-refractivity contribution in [2.24, 2.45) is 5.73 Å². The first-order valence-corrected chi connectivity index (χ1v) is 7.58. The van der Waals surface area contributed by atoms with Crippen molar-refractivity contribution < 1.29 is 4.74 Å². The van der Waals surface area contributed by atoms with Crippen LogP contribution in [0, 0.1) is 0 Å². The minimum Gasteiger partial charge on any atom is -0.385 e. The molecule has 3 rings (SSSR count). The Bertz CT molecular complexity index is 547. The van der Waals surface area contributed by atoms with Gasteiger partial charge in [0.05, 0.1) is 6.04 Å². The predicted octanol–water partition coefficient (Wildman–Crippen LogP) is 1.88. The molecule has 0 spiro atoms. The van der Waals surface area contributed by atoms with Gasteiger partial charge < -0.3 is 10.5 Å². The summed E-state index contributed by atoms with van der Waals surface area (Å²) < 4.78 is 6.93. The molecule has 2 N–H and O–H groups in total. The highest BCUT2D eigenvalue weighted by Gasteiger charge is 2.26. The first kappa shape index (κ1) is 13.0. The Morgan fingerprint density at radius 3 is 3.00 bits per heavy atom. The molecule has 0 aliphatic heterocycles. The van der Waals surface area contributed by atoms with Crippen LogP contribution in [-0.2, 0) is 4.74 Å². The summed E-state index contributed by atoms with van der Waals surface area (Å²) in [5, 5.41) is 14.0. The summed E-state index contributed by atoms with van der Waals surface area (Å²) in [7, 11) is 1.71. The second-order valence-corrected chi connectivity index (χ2v) is 6.05. The molecule has 7 heteroatoms. The maximum absolute atomic E-state index is 6.16. The molecule has 0 bridgehead atoms. The Labute approximate surface area is 116 Å². The molecule has 19 heavy (non-hydrogen) atoms. The normalized spacial score (nSPS) is 17.8. The van der Waals surface area contributed by atoms with Crippen molar-refractivity contribution in [3.05, 3.63) is 10.8 Å². The lowest BCUT2D eigenvalue weighted by atomic mass is 9.85. The van der Waals surface area contributed by atoms with Crippen molar-refractivity contribution in [2.45, 2.75) is 44.1 Å². The van der Waals surface area contributed by atoms with E-state index < -0.39 is 0 Å². The van der Waals surface area contributed by atoms with Crippen molar-refractivity contribution in [3.63, 3.8) is 0 Å². The van der Waals surface area contributed by atoms with E-state index in [4.69, 9.17) is 10.5 Å². The molecule has 1 aliphatic rings. The van der Waals surface area contributed by atoms with Gasteiger partial charge in [0.2, 0.25) is 4.96 Å². The van der Waals surface area contributed by atoms with Crippen LogP contribution in [0.15, 0.2) is 0 Å². The third-order valence-electron chi connectivity index (χ3n) is 3.68. The number of hydrogen-bond acceptors (Lipinski definition) is 6. The molecule has 1 aliphatic carbocycles. The fourth-order valence-corrected chi connectivity index (χ4v) is 3.17. The highest BCUT2D eigenvalue weighted by molar-refractivity contribution is 7.16. The van der Waals surface area contributed by atoms with Crippen molar-refractivity contribution in [1.82, 2.24) is 19.8 Å². The Balaban J connectivity index is 1.75. The van der Waals surface area contributed by atoms with Gasteiger partial charge in [-0.25, -0.2) is 0 Å². The van der Waals surface area contributed by atoms with Crippen LogP contribution in [0.3, 0.4) is 0 Å². The number of aromatic nitrogens is 4. The molecular formula is C12H19N5OS. The summed E-state index contributed by atoms with van der Waals surface area (Å²) >= 11 is 1.55. The number of rotatable bonds is 6. The Morgan fingerprint density at radius 2 is 2.32 bits per heavy atom. The average molecular weight is 281 g/mol. The van der Waals surface area contributed by atoms with Crippen LogP contribution in [-0.4, -0.2) is 33.5 Å². The summed E-state index contributed by atoms with van der Waals surface area (Å²) in [5.41, 5.74) is 6.16. The first-order chi connectivity index (χ1) is 9.29. The Hall–Kier alpha value is -1.05. The number of nitrogens with two attached hydrogens (primary N) is 1. The lowest BCUT2D eigenvalue weighted by Gasteiger charge is -2.22. The van der Waals surface area contributed by atoms with Crippen molar-refractivity contribution in [3.8, 4) is 0 Å². The summed E-state index contributed by atoms with van der Waals surface area (Å²) in [6, 6.07) is -0.0314. The molecule has 2 heterocycles. The molecule has 0 amide bonds. The first-order valence-electron chi connectivity index (χ1n) is 6.76. The summed E-state index contributed by atoms with van der Waals surface area (Å²) in [4.78, 5) is 0.860. The Morgan fingerprint density at radius 1 is 1.47 bits per heavy atom. The molecule has 1 unspecified atom stereocenters. The smallest absolute Gasteiger partial charge is 0.234 e. The molecule has 104 valence electrons.